The van der Waals surface area contributed by atoms with Crippen molar-refractivity contribution in [1.82, 2.24) is 4.90 Å². The van der Waals surface area contributed by atoms with E-state index in [9.17, 15) is 4.79 Å². The molecule has 1 amide bonds. The molecule has 1 fully saturated rings. The molecular formula is C15H23N3O2S. The Morgan fingerprint density at radius 2 is 2.29 bits per heavy atom. The van der Waals surface area contributed by atoms with Gasteiger partial charge in [0.05, 0.1) is 19.3 Å². The van der Waals surface area contributed by atoms with Gasteiger partial charge in [-0.05, 0) is 26.0 Å². The van der Waals surface area contributed by atoms with Gasteiger partial charge in [-0.1, -0.05) is 0 Å². The van der Waals surface area contributed by atoms with E-state index >= 15 is 0 Å². The molecule has 3 N–H and O–H groups in total. The Kier molecular flexibility index (Phi) is 5.00. The Morgan fingerprint density at radius 1 is 1.52 bits per heavy atom. The van der Waals surface area contributed by atoms with Gasteiger partial charge in [0.25, 0.3) is 0 Å². The Hall–Kier alpha value is -1.40. The fraction of sp³-hybridized carbons (Fsp3) is 0.533. The van der Waals surface area contributed by atoms with Crippen molar-refractivity contribution in [2.24, 2.45) is 0 Å². The van der Waals surface area contributed by atoms with E-state index in [0.717, 1.165) is 18.8 Å². The number of nitrogens with two attached hydrogens (primary N) is 1. The first-order valence-corrected chi connectivity index (χ1v) is 7.98. The minimum absolute atomic E-state index is 0.0271. The maximum atomic E-state index is 12.2. The SMILES string of the molecule is COc1cc(N)ccc1NC(=O)CN1CCSC(C)(C)C1. The third-order valence-corrected chi connectivity index (χ3v) is 4.67. The Bertz CT molecular complexity index is 520. The van der Waals surface area contributed by atoms with Gasteiger partial charge < -0.3 is 15.8 Å². The van der Waals surface area contributed by atoms with Crippen LogP contribution in [0.1, 0.15) is 13.8 Å². The van der Waals surface area contributed by atoms with Crippen molar-refractivity contribution in [3.63, 3.8) is 0 Å². The fourth-order valence-electron chi connectivity index (χ4n) is 2.45. The number of carbonyl (C=O) groups is 1. The summed E-state index contributed by atoms with van der Waals surface area (Å²) in [5.74, 6) is 1.62. The van der Waals surface area contributed by atoms with Gasteiger partial charge >= 0.3 is 0 Å². The number of methoxy groups -OCH3 is 1. The number of nitrogen functional groups attached to an aromatic ring is 1. The largest absolute Gasteiger partial charge is 0.494 e. The lowest BCUT2D eigenvalue weighted by atomic mass is 10.2. The van der Waals surface area contributed by atoms with Crippen molar-refractivity contribution < 1.29 is 9.53 Å². The van der Waals surface area contributed by atoms with Crippen molar-refractivity contribution in [1.29, 1.82) is 0 Å². The molecule has 1 aromatic rings. The van der Waals surface area contributed by atoms with Gasteiger partial charge in [-0.2, -0.15) is 11.8 Å². The lowest BCUT2D eigenvalue weighted by molar-refractivity contribution is -0.117. The second-order valence-corrected chi connectivity index (χ2v) is 7.63. The van der Waals surface area contributed by atoms with Crippen LogP contribution < -0.4 is 15.8 Å². The van der Waals surface area contributed by atoms with Gasteiger partial charge in [0, 0.05) is 35.3 Å². The molecule has 1 aliphatic rings. The zero-order valence-corrected chi connectivity index (χ0v) is 13.6. The summed E-state index contributed by atoms with van der Waals surface area (Å²) in [6.07, 6.45) is 0. The monoisotopic (exact) mass is 309 g/mol. The van der Waals surface area contributed by atoms with E-state index < -0.39 is 0 Å². The highest BCUT2D eigenvalue weighted by atomic mass is 32.2. The second-order valence-electron chi connectivity index (χ2n) is 5.83. The van der Waals surface area contributed by atoms with Crippen LogP contribution >= 0.6 is 11.8 Å². The number of hydrogen-bond donors (Lipinski definition) is 2. The fourth-order valence-corrected chi connectivity index (χ4v) is 3.63. The number of rotatable bonds is 4. The van der Waals surface area contributed by atoms with E-state index in [1.807, 2.05) is 11.8 Å². The van der Waals surface area contributed by atoms with E-state index in [1.54, 1.807) is 25.3 Å². The Balaban J connectivity index is 1.96. The summed E-state index contributed by atoms with van der Waals surface area (Å²) in [5, 5.41) is 2.90. The molecular weight excluding hydrogens is 286 g/mol. The molecule has 1 saturated heterocycles. The van der Waals surface area contributed by atoms with E-state index in [0.29, 0.717) is 23.7 Å². The molecule has 0 radical (unpaired) electrons. The molecule has 0 spiro atoms. The smallest absolute Gasteiger partial charge is 0.238 e. The van der Waals surface area contributed by atoms with Crippen LogP contribution in [0.25, 0.3) is 0 Å². The number of thioether (sulfide) groups is 1. The lowest BCUT2D eigenvalue weighted by Gasteiger charge is -2.37. The minimum atomic E-state index is -0.0271. The molecule has 1 aromatic carbocycles. The molecule has 116 valence electrons. The number of amides is 1. The Morgan fingerprint density at radius 3 is 2.95 bits per heavy atom. The predicted molar refractivity (Wildman–Crippen MR) is 89.0 cm³/mol. The van der Waals surface area contributed by atoms with E-state index in [2.05, 4.69) is 24.1 Å². The summed E-state index contributed by atoms with van der Waals surface area (Å²) in [7, 11) is 1.56. The summed E-state index contributed by atoms with van der Waals surface area (Å²) in [6.45, 7) is 6.69. The normalized spacial score (nSPS) is 18.2. The third-order valence-electron chi connectivity index (χ3n) is 3.37. The molecule has 21 heavy (non-hydrogen) atoms. The highest BCUT2D eigenvalue weighted by Crippen LogP contribution is 2.30. The highest BCUT2D eigenvalue weighted by Gasteiger charge is 2.28. The number of carbonyl (C=O) groups excluding carboxylic acids is 1. The van der Waals surface area contributed by atoms with Crippen LogP contribution in [-0.2, 0) is 4.79 Å². The van der Waals surface area contributed by atoms with Crippen LogP contribution in [0.3, 0.4) is 0 Å². The molecule has 5 nitrogen and oxygen atoms in total. The van der Waals surface area contributed by atoms with Crippen LogP contribution in [0.15, 0.2) is 18.2 Å². The average molecular weight is 309 g/mol. The summed E-state index contributed by atoms with van der Waals surface area (Å²) >= 11 is 1.96. The molecule has 0 atom stereocenters. The quantitative estimate of drug-likeness (QED) is 0.833. The second kappa shape index (κ2) is 6.58. The topological polar surface area (TPSA) is 67.6 Å². The van der Waals surface area contributed by atoms with Gasteiger partial charge in [0.15, 0.2) is 0 Å². The molecule has 2 rings (SSSR count). The lowest BCUT2D eigenvalue weighted by Crippen LogP contribution is -2.46. The number of nitrogens with zero attached hydrogens (tertiary/aromatic N) is 1. The molecule has 0 saturated carbocycles. The number of ether oxygens (including phenoxy) is 1. The van der Waals surface area contributed by atoms with E-state index in [1.165, 1.54) is 0 Å². The first-order chi connectivity index (χ1) is 9.89. The molecule has 1 aliphatic heterocycles. The zero-order valence-electron chi connectivity index (χ0n) is 12.8. The first-order valence-electron chi connectivity index (χ1n) is 6.99. The zero-order chi connectivity index (χ0) is 15.5. The van der Waals surface area contributed by atoms with Crippen LogP contribution in [0.4, 0.5) is 11.4 Å². The molecule has 0 aromatic heterocycles. The number of hydrogen-bond acceptors (Lipinski definition) is 5. The van der Waals surface area contributed by atoms with Gasteiger partial charge in [-0.25, -0.2) is 0 Å². The van der Waals surface area contributed by atoms with Crippen molar-refractivity contribution in [2.45, 2.75) is 18.6 Å². The van der Waals surface area contributed by atoms with Crippen molar-refractivity contribution in [2.75, 3.05) is 43.5 Å². The maximum absolute atomic E-state index is 12.2. The van der Waals surface area contributed by atoms with E-state index in [-0.39, 0.29) is 10.7 Å². The average Bonchev–Trinajstić information content (AvgIpc) is 2.39. The summed E-state index contributed by atoms with van der Waals surface area (Å²) in [6, 6.07) is 5.22. The number of anilines is 2. The van der Waals surface area contributed by atoms with Crippen molar-refractivity contribution >= 4 is 29.0 Å². The molecule has 0 aliphatic carbocycles. The van der Waals surface area contributed by atoms with Crippen molar-refractivity contribution in [3.05, 3.63) is 18.2 Å². The molecule has 1 heterocycles. The Labute approximate surface area is 130 Å². The van der Waals surface area contributed by atoms with Gasteiger partial charge in [0.1, 0.15) is 5.75 Å². The summed E-state index contributed by atoms with van der Waals surface area (Å²) < 4.78 is 5.44. The van der Waals surface area contributed by atoms with Gasteiger partial charge in [-0.15, -0.1) is 0 Å². The molecule has 0 bridgehead atoms. The van der Waals surface area contributed by atoms with Crippen molar-refractivity contribution in [3.8, 4) is 5.75 Å². The van der Waals surface area contributed by atoms with Crippen LogP contribution in [0.2, 0.25) is 0 Å². The predicted octanol–water partition coefficient (Wildman–Crippen LogP) is 2.04. The van der Waals surface area contributed by atoms with Crippen LogP contribution in [0.5, 0.6) is 5.75 Å². The van der Waals surface area contributed by atoms with Crippen LogP contribution in [0, 0.1) is 0 Å². The van der Waals surface area contributed by atoms with E-state index in [4.69, 9.17) is 10.5 Å². The van der Waals surface area contributed by atoms with Crippen LogP contribution in [-0.4, -0.2) is 48.1 Å². The number of nitrogens with one attached hydrogen (secondary N) is 1. The standard InChI is InChI=1S/C15H23N3O2S/c1-15(2)10-18(6-7-21-15)9-14(19)17-12-5-4-11(16)8-13(12)20-3/h4-5,8H,6-7,9-10,16H2,1-3H3,(H,17,19). The minimum Gasteiger partial charge on any atom is -0.494 e. The maximum Gasteiger partial charge on any atom is 0.238 e. The highest BCUT2D eigenvalue weighted by molar-refractivity contribution is 8.00. The molecule has 6 heteroatoms. The van der Waals surface area contributed by atoms with Gasteiger partial charge in [-0.3, -0.25) is 9.69 Å². The molecule has 0 unspecified atom stereocenters. The van der Waals surface area contributed by atoms with Gasteiger partial charge in [0.2, 0.25) is 5.91 Å². The summed E-state index contributed by atoms with van der Waals surface area (Å²) in [4.78, 5) is 14.4. The first kappa shape index (κ1) is 16.0. The third kappa shape index (κ3) is 4.54. The summed E-state index contributed by atoms with van der Waals surface area (Å²) in [5.41, 5.74) is 6.98. The number of benzene rings is 1.